The van der Waals surface area contributed by atoms with Crippen LogP contribution in [0.2, 0.25) is 0 Å². The molecule has 21 heavy (non-hydrogen) atoms. The number of hydrogen-bond donors (Lipinski definition) is 0. The Kier molecular flexibility index (Phi) is 4.18. The summed E-state index contributed by atoms with van der Waals surface area (Å²) >= 11 is 0. The van der Waals surface area contributed by atoms with Gasteiger partial charge in [0.1, 0.15) is 12.1 Å². The summed E-state index contributed by atoms with van der Waals surface area (Å²) in [5.74, 6) is 2.13. The Balaban J connectivity index is 1.78. The van der Waals surface area contributed by atoms with Crippen molar-refractivity contribution in [1.29, 1.82) is 0 Å². The molecule has 0 aliphatic carbocycles. The summed E-state index contributed by atoms with van der Waals surface area (Å²) in [5.41, 5.74) is 2.57. The van der Waals surface area contributed by atoms with E-state index in [1.807, 2.05) is 0 Å². The van der Waals surface area contributed by atoms with E-state index in [0.29, 0.717) is 11.8 Å². The highest BCUT2D eigenvalue weighted by atomic mass is 15.2. The van der Waals surface area contributed by atoms with Crippen molar-refractivity contribution in [2.45, 2.75) is 38.5 Å². The van der Waals surface area contributed by atoms with Crippen molar-refractivity contribution in [3.05, 3.63) is 54.0 Å². The zero-order chi connectivity index (χ0) is 14.7. The topological polar surface area (TPSA) is 29.0 Å². The maximum atomic E-state index is 4.49. The minimum Gasteiger partial charge on any atom is -0.356 e. The average molecular weight is 281 g/mol. The van der Waals surface area contributed by atoms with Gasteiger partial charge in [0.2, 0.25) is 0 Å². The molecule has 1 fully saturated rings. The molecule has 0 spiro atoms. The van der Waals surface area contributed by atoms with Gasteiger partial charge in [-0.2, -0.15) is 0 Å². The molecular weight excluding hydrogens is 258 g/mol. The molecule has 1 aliphatic heterocycles. The molecule has 1 atom stereocenters. The van der Waals surface area contributed by atoms with Crippen LogP contribution in [-0.4, -0.2) is 23.1 Å². The van der Waals surface area contributed by atoms with Crippen molar-refractivity contribution >= 4 is 5.82 Å². The molecule has 0 radical (unpaired) electrons. The van der Waals surface area contributed by atoms with E-state index in [2.05, 4.69) is 65.1 Å². The lowest BCUT2D eigenvalue weighted by Crippen LogP contribution is -2.35. The van der Waals surface area contributed by atoms with Crippen LogP contribution in [0.15, 0.2) is 42.7 Å². The zero-order valence-corrected chi connectivity index (χ0v) is 12.9. The molecule has 3 rings (SSSR count). The number of piperidine rings is 1. The molecule has 0 bridgehead atoms. The number of anilines is 1. The molecule has 0 amide bonds. The molecule has 3 nitrogen and oxygen atoms in total. The summed E-state index contributed by atoms with van der Waals surface area (Å²) in [6, 6.07) is 13.0. The molecule has 1 saturated heterocycles. The first-order valence-corrected chi connectivity index (χ1v) is 7.86. The van der Waals surface area contributed by atoms with Crippen LogP contribution in [0, 0.1) is 0 Å². The van der Waals surface area contributed by atoms with Gasteiger partial charge >= 0.3 is 0 Å². The Labute approximate surface area is 127 Å². The summed E-state index contributed by atoms with van der Waals surface area (Å²) in [4.78, 5) is 11.3. The van der Waals surface area contributed by atoms with Crippen LogP contribution >= 0.6 is 0 Å². The van der Waals surface area contributed by atoms with Crippen molar-refractivity contribution in [3.8, 4) is 0 Å². The van der Waals surface area contributed by atoms with Crippen LogP contribution in [0.5, 0.6) is 0 Å². The van der Waals surface area contributed by atoms with Gasteiger partial charge < -0.3 is 4.90 Å². The van der Waals surface area contributed by atoms with Crippen LogP contribution in [0.25, 0.3) is 0 Å². The van der Waals surface area contributed by atoms with Gasteiger partial charge in [-0.1, -0.05) is 44.2 Å². The lowest BCUT2D eigenvalue weighted by atomic mass is 9.90. The number of rotatable bonds is 3. The molecular formula is C18H23N3. The van der Waals surface area contributed by atoms with E-state index in [9.17, 15) is 0 Å². The van der Waals surface area contributed by atoms with Gasteiger partial charge in [-0.05, 0) is 24.3 Å². The van der Waals surface area contributed by atoms with E-state index in [1.54, 1.807) is 6.33 Å². The Morgan fingerprint density at radius 2 is 1.95 bits per heavy atom. The average Bonchev–Trinajstić information content (AvgIpc) is 2.56. The summed E-state index contributed by atoms with van der Waals surface area (Å²) in [6.07, 6.45) is 4.19. The van der Waals surface area contributed by atoms with Crippen molar-refractivity contribution in [1.82, 2.24) is 9.97 Å². The molecule has 2 aromatic rings. The van der Waals surface area contributed by atoms with Crippen LogP contribution in [0.1, 0.15) is 49.8 Å². The summed E-state index contributed by atoms with van der Waals surface area (Å²) in [7, 11) is 0. The SMILES string of the molecule is CC(C)c1cc(N2CCC[C@@H](c3ccccc3)C2)ncn1. The third-order valence-corrected chi connectivity index (χ3v) is 4.28. The molecule has 1 aromatic carbocycles. The minimum atomic E-state index is 0.446. The van der Waals surface area contributed by atoms with Crippen molar-refractivity contribution < 1.29 is 0 Å². The van der Waals surface area contributed by atoms with Crippen molar-refractivity contribution in [2.24, 2.45) is 0 Å². The maximum absolute atomic E-state index is 4.49. The van der Waals surface area contributed by atoms with Crippen LogP contribution in [0.4, 0.5) is 5.82 Å². The normalized spacial score (nSPS) is 19.0. The highest BCUT2D eigenvalue weighted by Crippen LogP contribution is 2.29. The van der Waals surface area contributed by atoms with E-state index < -0.39 is 0 Å². The van der Waals surface area contributed by atoms with Crippen molar-refractivity contribution in [3.63, 3.8) is 0 Å². The van der Waals surface area contributed by atoms with E-state index in [1.165, 1.54) is 18.4 Å². The largest absolute Gasteiger partial charge is 0.356 e. The van der Waals surface area contributed by atoms with Crippen LogP contribution < -0.4 is 4.90 Å². The molecule has 0 N–H and O–H groups in total. The van der Waals surface area contributed by atoms with Gasteiger partial charge in [-0.25, -0.2) is 9.97 Å². The lowest BCUT2D eigenvalue weighted by Gasteiger charge is -2.34. The van der Waals surface area contributed by atoms with Gasteiger partial charge in [0, 0.05) is 30.8 Å². The first-order chi connectivity index (χ1) is 10.2. The highest BCUT2D eigenvalue weighted by Gasteiger charge is 2.22. The number of aromatic nitrogens is 2. The monoisotopic (exact) mass is 281 g/mol. The Morgan fingerprint density at radius 3 is 2.71 bits per heavy atom. The predicted molar refractivity (Wildman–Crippen MR) is 86.8 cm³/mol. The summed E-state index contributed by atoms with van der Waals surface area (Å²) < 4.78 is 0. The van der Waals surface area contributed by atoms with Gasteiger partial charge in [0.15, 0.2) is 0 Å². The second kappa shape index (κ2) is 6.25. The maximum Gasteiger partial charge on any atom is 0.132 e. The zero-order valence-electron chi connectivity index (χ0n) is 12.9. The Morgan fingerprint density at radius 1 is 1.14 bits per heavy atom. The van der Waals surface area contributed by atoms with E-state index in [4.69, 9.17) is 0 Å². The fraction of sp³-hybridized carbons (Fsp3) is 0.444. The van der Waals surface area contributed by atoms with E-state index in [0.717, 1.165) is 24.6 Å². The predicted octanol–water partition coefficient (Wildman–Crippen LogP) is 3.98. The fourth-order valence-corrected chi connectivity index (χ4v) is 3.03. The van der Waals surface area contributed by atoms with Crippen LogP contribution in [0.3, 0.4) is 0 Å². The second-order valence-electron chi connectivity index (χ2n) is 6.15. The molecule has 0 saturated carbocycles. The van der Waals surface area contributed by atoms with E-state index >= 15 is 0 Å². The summed E-state index contributed by atoms with van der Waals surface area (Å²) in [6.45, 7) is 6.50. The molecule has 1 aliphatic rings. The van der Waals surface area contributed by atoms with E-state index in [-0.39, 0.29) is 0 Å². The highest BCUT2D eigenvalue weighted by molar-refractivity contribution is 5.41. The Hall–Kier alpha value is -1.90. The third kappa shape index (κ3) is 3.23. The molecule has 2 heterocycles. The second-order valence-corrected chi connectivity index (χ2v) is 6.15. The van der Waals surface area contributed by atoms with Gasteiger partial charge in [0.05, 0.1) is 0 Å². The Bertz CT molecular complexity index is 580. The summed E-state index contributed by atoms with van der Waals surface area (Å²) in [5, 5.41) is 0. The van der Waals surface area contributed by atoms with Gasteiger partial charge in [-0.3, -0.25) is 0 Å². The smallest absolute Gasteiger partial charge is 0.132 e. The molecule has 0 unspecified atom stereocenters. The first kappa shape index (κ1) is 14.1. The molecule has 1 aromatic heterocycles. The number of nitrogens with zero attached hydrogens (tertiary/aromatic N) is 3. The van der Waals surface area contributed by atoms with Crippen LogP contribution in [-0.2, 0) is 0 Å². The lowest BCUT2D eigenvalue weighted by molar-refractivity contribution is 0.506. The van der Waals surface area contributed by atoms with Gasteiger partial charge in [0.25, 0.3) is 0 Å². The third-order valence-electron chi connectivity index (χ3n) is 4.28. The fourth-order valence-electron chi connectivity index (χ4n) is 3.03. The number of benzene rings is 1. The first-order valence-electron chi connectivity index (χ1n) is 7.86. The standard InChI is InChI=1S/C18H23N3/c1-14(2)17-11-18(20-13-19-17)21-10-6-9-16(12-21)15-7-4-3-5-8-15/h3-5,7-8,11,13-14,16H,6,9-10,12H2,1-2H3/t16-/m1/s1. The minimum absolute atomic E-state index is 0.446. The molecule has 110 valence electrons. The van der Waals surface area contributed by atoms with Crippen molar-refractivity contribution in [2.75, 3.05) is 18.0 Å². The quantitative estimate of drug-likeness (QED) is 0.852. The molecule has 3 heteroatoms. The van der Waals surface area contributed by atoms with Gasteiger partial charge in [-0.15, -0.1) is 0 Å². The number of hydrogen-bond acceptors (Lipinski definition) is 3.